The van der Waals surface area contributed by atoms with Gasteiger partial charge in [-0.25, -0.2) is 0 Å². The van der Waals surface area contributed by atoms with E-state index >= 15 is 0 Å². The van der Waals surface area contributed by atoms with Gasteiger partial charge in [-0.1, -0.05) is 35.6 Å². The minimum atomic E-state index is 0.553. The molecule has 5 rings (SSSR count). The highest BCUT2D eigenvalue weighted by Crippen LogP contribution is 2.39. The minimum Gasteiger partial charge on any atom is -0.493 e. The molecule has 0 N–H and O–H groups in total. The van der Waals surface area contributed by atoms with Gasteiger partial charge in [0.25, 0.3) is 0 Å². The maximum Gasteiger partial charge on any atom is 0.235 e. The van der Waals surface area contributed by atoms with Gasteiger partial charge < -0.3 is 18.6 Å². The summed E-state index contributed by atoms with van der Waals surface area (Å²) in [7, 11) is 4.76. The van der Waals surface area contributed by atoms with Gasteiger partial charge in [0, 0.05) is 10.9 Å². The Labute approximate surface area is 187 Å². The number of benzene rings is 2. The highest BCUT2D eigenvalue weighted by molar-refractivity contribution is 7.17. The van der Waals surface area contributed by atoms with Crippen molar-refractivity contribution >= 4 is 39.4 Å². The van der Waals surface area contributed by atoms with E-state index in [-0.39, 0.29) is 0 Å². The highest BCUT2D eigenvalue weighted by Gasteiger charge is 2.20. The van der Waals surface area contributed by atoms with Crippen molar-refractivity contribution in [2.45, 2.75) is 6.92 Å². The van der Waals surface area contributed by atoms with Crippen LogP contribution in [0.25, 0.3) is 39.7 Å². The van der Waals surface area contributed by atoms with Gasteiger partial charge in [-0.15, -0.1) is 10.2 Å². The number of para-hydroxylation sites is 1. The summed E-state index contributed by atoms with van der Waals surface area (Å²) in [5, 5.41) is 15.1. The molecule has 5 aromatic rings. The molecule has 0 radical (unpaired) electrons. The largest absolute Gasteiger partial charge is 0.493 e. The quantitative estimate of drug-likeness (QED) is 0.357. The van der Waals surface area contributed by atoms with E-state index in [0.29, 0.717) is 33.8 Å². The van der Waals surface area contributed by atoms with Gasteiger partial charge in [-0.2, -0.15) is 9.61 Å². The van der Waals surface area contributed by atoms with Crippen LogP contribution in [0.1, 0.15) is 16.1 Å². The lowest BCUT2D eigenvalue weighted by molar-refractivity contribution is 0.324. The predicted octanol–water partition coefficient (Wildman–Crippen LogP) is 5.10. The second-order valence-electron chi connectivity index (χ2n) is 7.00. The smallest absolute Gasteiger partial charge is 0.235 e. The standard InChI is InChI=1S/C23H20N4O4S/c1-13-15-7-5-6-8-16(15)31-20(13)22-24-25-23-27(22)26-19(32-23)10-9-14-11-17(28-2)21(30-4)18(12-14)29-3/h5-12H,1-4H3/b10-9+. The molecule has 0 fully saturated rings. The van der Waals surface area contributed by atoms with Crippen molar-refractivity contribution in [1.82, 2.24) is 19.8 Å². The fraction of sp³-hybridized carbons (Fsp3) is 0.174. The van der Waals surface area contributed by atoms with Crippen LogP contribution in [0.2, 0.25) is 0 Å². The third kappa shape index (κ3) is 3.27. The van der Waals surface area contributed by atoms with Crippen LogP contribution in [0, 0.1) is 6.92 Å². The molecule has 3 aromatic heterocycles. The van der Waals surface area contributed by atoms with E-state index in [9.17, 15) is 0 Å². The summed E-state index contributed by atoms with van der Waals surface area (Å²) in [5.41, 5.74) is 2.71. The van der Waals surface area contributed by atoms with Gasteiger partial charge >= 0.3 is 0 Å². The molecule has 0 saturated heterocycles. The SMILES string of the molecule is COc1cc(/C=C/c2nn3c(-c4oc5ccccc5c4C)nnc3s2)cc(OC)c1OC. The number of hydrogen-bond acceptors (Lipinski definition) is 8. The summed E-state index contributed by atoms with van der Waals surface area (Å²) in [5.74, 6) is 2.98. The summed E-state index contributed by atoms with van der Waals surface area (Å²) in [4.78, 5) is 0.685. The molecule has 0 aliphatic carbocycles. The molecular weight excluding hydrogens is 428 g/mol. The fourth-order valence-electron chi connectivity index (χ4n) is 3.59. The Hall–Kier alpha value is -3.85. The first-order chi connectivity index (χ1) is 15.6. The van der Waals surface area contributed by atoms with Crippen LogP contribution in [0.5, 0.6) is 17.2 Å². The van der Waals surface area contributed by atoms with E-state index in [1.807, 2.05) is 55.5 Å². The first kappa shape index (κ1) is 20.1. The molecular formula is C23H20N4O4S. The van der Waals surface area contributed by atoms with Crippen molar-refractivity contribution in [3.63, 3.8) is 0 Å². The van der Waals surface area contributed by atoms with Gasteiger partial charge in [-0.05, 0) is 36.8 Å². The molecule has 9 heteroatoms. The topological polar surface area (TPSA) is 83.9 Å². The minimum absolute atomic E-state index is 0.553. The summed E-state index contributed by atoms with van der Waals surface area (Å²) >= 11 is 1.43. The fourth-order valence-corrected chi connectivity index (χ4v) is 4.33. The second kappa shape index (κ2) is 8.01. The number of rotatable bonds is 6. The third-order valence-corrected chi connectivity index (χ3v) is 6.02. The molecule has 0 spiro atoms. The average Bonchev–Trinajstić information content (AvgIpc) is 3.49. The molecule has 0 aliphatic heterocycles. The molecule has 0 atom stereocenters. The zero-order valence-corrected chi connectivity index (χ0v) is 18.8. The molecule has 32 heavy (non-hydrogen) atoms. The Balaban J connectivity index is 1.51. The first-order valence-electron chi connectivity index (χ1n) is 9.81. The molecule has 3 heterocycles. The zero-order valence-electron chi connectivity index (χ0n) is 17.9. The molecule has 2 aromatic carbocycles. The number of hydrogen-bond donors (Lipinski definition) is 0. The van der Waals surface area contributed by atoms with E-state index in [1.165, 1.54) is 11.3 Å². The first-order valence-corrected chi connectivity index (χ1v) is 10.6. The highest BCUT2D eigenvalue weighted by atomic mass is 32.1. The molecule has 0 unspecified atom stereocenters. The Bertz CT molecular complexity index is 1440. The van der Waals surface area contributed by atoms with E-state index in [1.54, 1.807) is 25.8 Å². The molecule has 0 aliphatic rings. The summed E-state index contributed by atoms with van der Waals surface area (Å²) in [6.07, 6.45) is 3.84. The lowest BCUT2D eigenvalue weighted by Crippen LogP contribution is -1.95. The van der Waals surface area contributed by atoms with Crippen molar-refractivity contribution in [1.29, 1.82) is 0 Å². The van der Waals surface area contributed by atoms with E-state index < -0.39 is 0 Å². The Morgan fingerprint density at radius 1 is 0.969 bits per heavy atom. The van der Waals surface area contributed by atoms with Gasteiger partial charge in [0.1, 0.15) is 10.6 Å². The lowest BCUT2D eigenvalue weighted by atomic mass is 10.1. The van der Waals surface area contributed by atoms with Gasteiger partial charge in [0.15, 0.2) is 17.3 Å². The van der Waals surface area contributed by atoms with Crippen LogP contribution in [-0.4, -0.2) is 41.1 Å². The number of nitrogens with zero attached hydrogens (tertiary/aromatic N) is 4. The lowest BCUT2D eigenvalue weighted by Gasteiger charge is -2.12. The summed E-state index contributed by atoms with van der Waals surface area (Å²) in [6, 6.07) is 11.7. The van der Waals surface area contributed by atoms with E-state index in [4.69, 9.17) is 18.6 Å². The molecule has 0 bridgehead atoms. The maximum atomic E-state index is 6.05. The maximum absolute atomic E-state index is 6.05. The Kier molecular flexibility index (Phi) is 5.02. The normalized spacial score (nSPS) is 11.6. The number of furan rings is 1. The Morgan fingerprint density at radius 3 is 2.41 bits per heavy atom. The van der Waals surface area contributed by atoms with Crippen LogP contribution in [0.15, 0.2) is 40.8 Å². The summed E-state index contributed by atoms with van der Waals surface area (Å²) in [6.45, 7) is 2.01. The summed E-state index contributed by atoms with van der Waals surface area (Å²) < 4.78 is 24.0. The third-order valence-electron chi connectivity index (χ3n) is 5.16. The van der Waals surface area contributed by atoms with Crippen molar-refractivity contribution in [3.05, 3.63) is 52.5 Å². The number of aromatic nitrogens is 4. The Morgan fingerprint density at radius 2 is 1.72 bits per heavy atom. The predicted molar refractivity (Wildman–Crippen MR) is 124 cm³/mol. The van der Waals surface area contributed by atoms with Crippen molar-refractivity contribution in [2.75, 3.05) is 21.3 Å². The number of fused-ring (bicyclic) bond motifs is 2. The molecule has 0 saturated carbocycles. The van der Waals surface area contributed by atoms with Crippen LogP contribution in [0.4, 0.5) is 0 Å². The zero-order chi connectivity index (χ0) is 22.2. The van der Waals surface area contributed by atoms with E-state index in [2.05, 4.69) is 15.3 Å². The average molecular weight is 449 g/mol. The van der Waals surface area contributed by atoms with Crippen molar-refractivity contribution in [3.8, 4) is 28.8 Å². The molecule has 162 valence electrons. The van der Waals surface area contributed by atoms with Crippen LogP contribution >= 0.6 is 11.3 Å². The van der Waals surface area contributed by atoms with Gasteiger partial charge in [0.2, 0.25) is 16.5 Å². The van der Waals surface area contributed by atoms with Gasteiger partial charge in [-0.3, -0.25) is 0 Å². The van der Waals surface area contributed by atoms with Crippen LogP contribution in [0.3, 0.4) is 0 Å². The van der Waals surface area contributed by atoms with Crippen molar-refractivity contribution in [2.24, 2.45) is 0 Å². The number of methoxy groups -OCH3 is 3. The molecule has 0 amide bonds. The second-order valence-corrected chi connectivity index (χ2v) is 7.99. The van der Waals surface area contributed by atoms with Crippen LogP contribution in [-0.2, 0) is 0 Å². The van der Waals surface area contributed by atoms with Crippen LogP contribution < -0.4 is 14.2 Å². The number of ether oxygens (including phenoxy) is 3. The number of aryl methyl sites for hydroxylation is 1. The van der Waals surface area contributed by atoms with Crippen molar-refractivity contribution < 1.29 is 18.6 Å². The molecule has 8 nitrogen and oxygen atoms in total. The monoisotopic (exact) mass is 448 g/mol. The van der Waals surface area contributed by atoms with Gasteiger partial charge in [0.05, 0.1) is 21.3 Å². The van der Waals surface area contributed by atoms with E-state index in [0.717, 1.165) is 27.1 Å².